The SMILES string of the molecule is COCCCNC(=O)[C@H]1C[C@H]2CC[C@H]1C[C@]21NC(=O)c2ccccc2O1. The normalized spacial score (nSPS) is 31.9. The van der Waals surface area contributed by atoms with E-state index in [1.807, 2.05) is 18.2 Å². The second-order valence-corrected chi connectivity index (χ2v) is 7.66. The molecule has 6 nitrogen and oxygen atoms in total. The van der Waals surface area contributed by atoms with Gasteiger partial charge in [-0.2, -0.15) is 0 Å². The van der Waals surface area contributed by atoms with E-state index in [1.54, 1.807) is 13.2 Å². The van der Waals surface area contributed by atoms with E-state index < -0.39 is 5.72 Å². The van der Waals surface area contributed by atoms with Crippen molar-refractivity contribution in [3.63, 3.8) is 0 Å². The zero-order valence-corrected chi connectivity index (χ0v) is 15.1. The van der Waals surface area contributed by atoms with Crippen molar-refractivity contribution < 1.29 is 19.1 Å². The van der Waals surface area contributed by atoms with Crippen LogP contribution in [0.4, 0.5) is 0 Å². The van der Waals surface area contributed by atoms with Gasteiger partial charge in [0.2, 0.25) is 5.91 Å². The molecular formula is C20H26N2O4. The second-order valence-electron chi connectivity index (χ2n) is 7.66. The van der Waals surface area contributed by atoms with Gasteiger partial charge in [-0.15, -0.1) is 0 Å². The maximum atomic E-state index is 12.6. The smallest absolute Gasteiger partial charge is 0.258 e. The van der Waals surface area contributed by atoms with Crippen LogP contribution in [-0.2, 0) is 9.53 Å². The largest absolute Gasteiger partial charge is 0.467 e. The maximum absolute atomic E-state index is 12.6. The molecule has 3 saturated carbocycles. The van der Waals surface area contributed by atoms with Gasteiger partial charge in [-0.1, -0.05) is 12.1 Å². The van der Waals surface area contributed by atoms with Crippen molar-refractivity contribution >= 4 is 11.8 Å². The highest BCUT2D eigenvalue weighted by atomic mass is 16.5. The number of carbonyl (C=O) groups is 2. The van der Waals surface area contributed by atoms with Crippen LogP contribution < -0.4 is 15.4 Å². The van der Waals surface area contributed by atoms with Gasteiger partial charge in [0, 0.05) is 38.5 Å². The molecule has 0 radical (unpaired) electrons. The van der Waals surface area contributed by atoms with Crippen LogP contribution in [0.25, 0.3) is 0 Å². The predicted molar refractivity (Wildman–Crippen MR) is 95.7 cm³/mol. The van der Waals surface area contributed by atoms with E-state index in [9.17, 15) is 9.59 Å². The molecule has 1 spiro atoms. The van der Waals surface area contributed by atoms with Crippen molar-refractivity contribution in [2.24, 2.45) is 17.8 Å². The number of hydrogen-bond acceptors (Lipinski definition) is 4. The highest BCUT2D eigenvalue weighted by Crippen LogP contribution is 2.52. The Morgan fingerprint density at radius 2 is 2.23 bits per heavy atom. The summed E-state index contributed by atoms with van der Waals surface area (Å²) in [6.07, 6.45) is 4.30. The lowest BCUT2D eigenvalue weighted by atomic mass is 9.60. The molecule has 4 atom stereocenters. The fourth-order valence-corrected chi connectivity index (χ4v) is 4.84. The quantitative estimate of drug-likeness (QED) is 0.791. The van der Waals surface area contributed by atoms with Crippen LogP contribution in [0.15, 0.2) is 24.3 Å². The number of rotatable bonds is 5. The number of amides is 2. The van der Waals surface area contributed by atoms with Crippen molar-refractivity contribution in [2.75, 3.05) is 20.3 Å². The summed E-state index contributed by atoms with van der Waals surface area (Å²) in [5.41, 5.74) is -0.0618. The second kappa shape index (κ2) is 6.91. The third kappa shape index (κ3) is 2.96. The van der Waals surface area contributed by atoms with Crippen molar-refractivity contribution in [3.05, 3.63) is 29.8 Å². The molecule has 1 aromatic rings. The molecule has 2 bridgehead atoms. The molecule has 26 heavy (non-hydrogen) atoms. The summed E-state index contributed by atoms with van der Waals surface area (Å²) in [7, 11) is 1.66. The average molecular weight is 358 g/mol. The molecule has 140 valence electrons. The summed E-state index contributed by atoms with van der Waals surface area (Å²) in [5.74, 6) is 1.14. The number of ether oxygens (including phenoxy) is 2. The Labute approximate surface area is 153 Å². The van der Waals surface area contributed by atoms with Gasteiger partial charge in [-0.25, -0.2) is 0 Å². The van der Waals surface area contributed by atoms with E-state index in [2.05, 4.69) is 10.6 Å². The van der Waals surface area contributed by atoms with Crippen LogP contribution in [-0.4, -0.2) is 37.8 Å². The van der Waals surface area contributed by atoms with E-state index in [-0.39, 0.29) is 29.6 Å². The summed E-state index contributed by atoms with van der Waals surface area (Å²) in [4.78, 5) is 25.2. The van der Waals surface area contributed by atoms with Crippen LogP contribution in [0.2, 0.25) is 0 Å². The fourth-order valence-electron chi connectivity index (χ4n) is 4.84. The van der Waals surface area contributed by atoms with Crippen molar-refractivity contribution in [1.82, 2.24) is 10.6 Å². The number of nitrogens with one attached hydrogen (secondary N) is 2. The standard InChI is InChI=1S/C20H26N2O4/c1-25-10-4-9-21-18(23)16-11-14-8-7-13(16)12-20(14)22-19(24)15-5-2-3-6-17(15)26-20/h2-3,5-6,13-14,16H,4,7-12H2,1H3,(H,21,23)(H,22,24)/t13-,14+,16-,20+/m0/s1. The summed E-state index contributed by atoms with van der Waals surface area (Å²) in [5, 5.41) is 6.17. The van der Waals surface area contributed by atoms with E-state index in [4.69, 9.17) is 9.47 Å². The average Bonchev–Trinajstić information content (AvgIpc) is 2.65. The van der Waals surface area contributed by atoms with Gasteiger partial charge in [0.25, 0.3) is 5.91 Å². The first-order chi connectivity index (χ1) is 12.6. The Morgan fingerprint density at radius 3 is 3.00 bits per heavy atom. The molecule has 6 heteroatoms. The molecule has 0 unspecified atom stereocenters. The van der Waals surface area contributed by atoms with Crippen molar-refractivity contribution in [3.8, 4) is 5.75 Å². The number of carbonyl (C=O) groups excluding carboxylic acids is 2. The van der Waals surface area contributed by atoms with Crippen LogP contribution in [0, 0.1) is 17.8 Å². The van der Waals surface area contributed by atoms with Crippen molar-refractivity contribution in [1.29, 1.82) is 0 Å². The molecule has 3 fully saturated rings. The zero-order chi connectivity index (χ0) is 18.1. The minimum Gasteiger partial charge on any atom is -0.467 e. The number of hydrogen-bond donors (Lipinski definition) is 2. The third-order valence-electron chi connectivity index (χ3n) is 6.13. The van der Waals surface area contributed by atoms with Gasteiger partial charge in [-0.05, 0) is 43.7 Å². The van der Waals surface area contributed by atoms with Crippen molar-refractivity contribution in [2.45, 2.75) is 37.8 Å². The monoisotopic (exact) mass is 358 g/mol. The summed E-state index contributed by atoms with van der Waals surface area (Å²) < 4.78 is 11.4. The maximum Gasteiger partial charge on any atom is 0.258 e. The predicted octanol–water partition coefficient (Wildman–Crippen LogP) is 2.09. The van der Waals surface area contributed by atoms with Gasteiger partial charge >= 0.3 is 0 Å². The Morgan fingerprint density at radius 1 is 1.38 bits per heavy atom. The first-order valence-electron chi connectivity index (χ1n) is 9.50. The summed E-state index contributed by atoms with van der Waals surface area (Å²) in [6, 6.07) is 7.38. The van der Waals surface area contributed by atoms with E-state index in [0.717, 1.165) is 25.7 Å². The minimum absolute atomic E-state index is 0.0135. The lowest BCUT2D eigenvalue weighted by molar-refractivity contribution is -0.146. The molecule has 5 rings (SSSR count). The Hall–Kier alpha value is -2.08. The number of methoxy groups -OCH3 is 1. The van der Waals surface area contributed by atoms with Crippen LogP contribution in [0.5, 0.6) is 5.75 Å². The van der Waals surface area contributed by atoms with Gasteiger partial charge in [0.15, 0.2) is 5.72 Å². The number of benzene rings is 1. The molecule has 0 saturated heterocycles. The highest BCUT2D eigenvalue weighted by Gasteiger charge is 2.57. The Balaban J connectivity index is 1.46. The van der Waals surface area contributed by atoms with Gasteiger partial charge in [0.1, 0.15) is 5.75 Å². The molecule has 0 aromatic heterocycles. The van der Waals surface area contributed by atoms with E-state index >= 15 is 0 Å². The Bertz CT molecular complexity index is 707. The zero-order valence-electron chi connectivity index (χ0n) is 15.1. The first-order valence-corrected chi connectivity index (χ1v) is 9.50. The highest BCUT2D eigenvalue weighted by molar-refractivity contribution is 5.98. The molecule has 2 N–H and O–H groups in total. The van der Waals surface area contributed by atoms with Crippen LogP contribution in [0.1, 0.15) is 42.5 Å². The number of fused-ring (bicyclic) bond motifs is 3. The molecule has 4 aliphatic rings. The van der Waals surface area contributed by atoms with Crippen LogP contribution >= 0.6 is 0 Å². The van der Waals surface area contributed by atoms with Gasteiger partial charge in [-0.3, -0.25) is 9.59 Å². The molecule has 1 aromatic carbocycles. The lowest BCUT2D eigenvalue weighted by Gasteiger charge is -2.55. The summed E-state index contributed by atoms with van der Waals surface area (Å²) >= 11 is 0. The van der Waals surface area contributed by atoms with E-state index in [0.29, 0.717) is 30.9 Å². The fraction of sp³-hybridized carbons (Fsp3) is 0.600. The Kier molecular flexibility index (Phi) is 4.61. The molecule has 1 aliphatic heterocycles. The minimum atomic E-state index is -0.652. The lowest BCUT2D eigenvalue weighted by Crippen LogP contribution is -2.66. The molecule has 3 aliphatic carbocycles. The number of para-hydroxylation sites is 1. The van der Waals surface area contributed by atoms with Crippen LogP contribution in [0.3, 0.4) is 0 Å². The first kappa shape index (κ1) is 17.3. The molecule has 1 heterocycles. The third-order valence-corrected chi connectivity index (χ3v) is 6.13. The van der Waals surface area contributed by atoms with Gasteiger partial charge < -0.3 is 20.1 Å². The molecule has 2 amide bonds. The summed E-state index contributed by atoms with van der Waals surface area (Å²) in [6.45, 7) is 1.30. The topological polar surface area (TPSA) is 76.7 Å². The molecular weight excluding hydrogens is 332 g/mol. The van der Waals surface area contributed by atoms with Gasteiger partial charge in [0.05, 0.1) is 5.56 Å². The van der Waals surface area contributed by atoms with E-state index in [1.165, 1.54) is 0 Å².